The Morgan fingerprint density at radius 3 is 2.89 bits per heavy atom. The van der Waals surface area contributed by atoms with Crippen LogP contribution in [0.15, 0.2) is 23.3 Å². The summed E-state index contributed by atoms with van der Waals surface area (Å²) in [4.78, 5) is 14.0. The van der Waals surface area contributed by atoms with E-state index in [9.17, 15) is 14.3 Å². The van der Waals surface area contributed by atoms with Crippen molar-refractivity contribution in [2.75, 3.05) is 13.1 Å². The summed E-state index contributed by atoms with van der Waals surface area (Å²) in [5, 5.41) is 15.4. The van der Waals surface area contributed by atoms with E-state index in [0.717, 1.165) is 12.1 Å². The lowest BCUT2D eigenvalue weighted by molar-refractivity contribution is -0.144. The third kappa shape index (κ3) is 3.57. The molecular weight excluding hydrogens is 275 g/mol. The minimum atomic E-state index is -1.49. The summed E-state index contributed by atoms with van der Waals surface area (Å²) in [5.41, 5.74) is 6.90. The van der Waals surface area contributed by atoms with Gasteiger partial charge in [-0.25, -0.2) is 9.18 Å². The summed E-state index contributed by atoms with van der Waals surface area (Å²) < 4.78 is 13.0. The highest BCUT2D eigenvalue weighted by Gasteiger charge is 2.36. The molecule has 2 N–H and O–H groups in total. The van der Waals surface area contributed by atoms with E-state index in [-0.39, 0.29) is 23.7 Å². The van der Waals surface area contributed by atoms with Crippen molar-refractivity contribution in [2.24, 2.45) is 5.11 Å². The predicted octanol–water partition coefficient (Wildman–Crippen LogP) is 2.68. The summed E-state index contributed by atoms with van der Waals surface area (Å²) in [6, 6.07) is 3.50. The maximum Gasteiger partial charge on any atom is 0.328 e. The first-order chi connectivity index (χ1) is 8.91. The first-order valence-electron chi connectivity index (χ1n) is 5.36. The number of carboxylic acids is 1. The Hall–Kier alpha value is -1.82. The summed E-state index contributed by atoms with van der Waals surface area (Å²) in [6.07, 6.45) is 0. The van der Waals surface area contributed by atoms with Gasteiger partial charge in [0.2, 0.25) is 0 Å². The standard InChI is InChI=1S/C11H12ClFN4O2/c1-11(10(18)19,15-4-5-16-17-14)8-3-2-7(13)6-9(8)12/h2-3,6,15H,4-5H2,1H3,(H,18,19). The van der Waals surface area contributed by atoms with E-state index in [1.807, 2.05) is 0 Å². The van der Waals surface area contributed by atoms with Crippen LogP contribution in [0.2, 0.25) is 5.02 Å². The van der Waals surface area contributed by atoms with Crippen molar-refractivity contribution in [2.45, 2.75) is 12.5 Å². The van der Waals surface area contributed by atoms with E-state index in [2.05, 4.69) is 15.3 Å². The summed E-state index contributed by atoms with van der Waals surface area (Å²) in [6.45, 7) is 1.66. The number of azide groups is 1. The summed E-state index contributed by atoms with van der Waals surface area (Å²) >= 11 is 5.87. The van der Waals surface area contributed by atoms with E-state index in [0.29, 0.717) is 0 Å². The molecule has 0 aliphatic carbocycles. The monoisotopic (exact) mass is 286 g/mol. The highest BCUT2D eigenvalue weighted by atomic mass is 35.5. The normalized spacial score (nSPS) is 13.4. The van der Waals surface area contributed by atoms with Crippen molar-refractivity contribution in [1.29, 1.82) is 0 Å². The van der Waals surface area contributed by atoms with Gasteiger partial charge in [-0.2, -0.15) is 0 Å². The highest BCUT2D eigenvalue weighted by Crippen LogP contribution is 2.29. The molecule has 6 nitrogen and oxygen atoms in total. The van der Waals surface area contributed by atoms with Crippen LogP contribution >= 0.6 is 11.6 Å². The number of nitrogens with zero attached hydrogens (tertiary/aromatic N) is 3. The smallest absolute Gasteiger partial charge is 0.328 e. The number of carbonyl (C=O) groups is 1. The van der Waals surface area contributed by atoms with Gasteiger partial charge in [-0.1, -0.05) is 22.8 Å². The van der Waals surface area contributed by atoms with E-state index in [1.54, 1.807) is 0 Å². The molecule has 0 aliphatic heterocycles. The summed E-state index contributed by atoms with van der Waals surface area (Å²) in [5.74, 6) is -1.71. The molecule has 1 rings (SSSR count). The Balaban J connectivity index is 3.04. The van der Waals surface area contributed by atoms with Gasteiger partial charge in [-0.15, -0.1) is 0 Å². The second-order valence-electron chi connectivity index (χ2n) is 3.94. The van der Waals surface area contributed by atoms with Gasteiger partial charge in [0, 0.05) is 28.6 Å². The van der Waals surface area contributed by atoms with Crippen LogP contribution in [0, 0.1) is 5.82 Å². The Morgan fingerprint density at radius 1 is 1.68 bits per heavy atom. The zero-order valence-electron chi connectivity index (χ0n) is 10.1. The molecule has 102 valence electrons. The zero-order chi connectivity index (χ0) is 14.5. The van der Waals surface area contributed by atoms with Crippen molar-refractivity contribution in [3.63, 3.8) is 0 Å². The van der Waals surface area contributed by atoms with Gasteiger partial charge in [0.05, 0.1) is 0 Å². The quantitative estimate of drug-likeness (QED) is 0.364. The number of nitrogens with one attached hydrogen (secondary N) is 1. The molecule has 1 aromatic carbocycles. The lowest BCUT2D eigenvalue weighted by atomic mass is 9.92. The van der Waals surface area contributed by atoms with Crippen LogP contribution in [-0.4, -0.2) is 24.2 Å². The molecule has 0 bridgehead atoms. The first kappa shape index (κ1) is 15.2. The fourth-order valence-corrected chi connectivity index (χ4v) is 1.94. The second kappa shape index (κ2) is 6.38. The van der Waals surface area contributed by atoms with E-state index >= 15 is 0 Å². The molecule has 0 fully saturated rings. The van der Waals surface area contributed by atoms with E-state index in [1.165, 1.54) is 13.0 Å². The van der Waals surface area contributed by atoms with Gasteiger partial charge >= 0.3 is 5.97 Å². The van der Waals surface area contributed by atoms with Crippen LogP contribution in [0.4, 0.5) is 4.39 Å². The van der Waals surface area contributed by atoms with Gasteiger partial charge in [-0.05, 0) is 24.6 Å². The minimum absolute atomic E-state index is 0.0150. The molecule has 1 atom stereocenters. The van der Waals surface area contributed by atoms with Gasteiger partial charge in [0.25, 0.3) is 0 Å². The molecule has 0 amide bonds. The van der Waals surface area contributed by atoms with Crippen molar-refractivity contribution in [3.8, 4) is 0 Å². The van der Waals surface area contributed by atoms with Gasteiger partial charge in [0.1, 0.15) is 11.4 Å². The zero-order valence-corrected chi connectivity index (χ0v) is 10.9. The van der Waals surface area contributed by atoms with Crippen LogP contribution in [-0.2, 0) is 10.3 Å². The molecule has 0 radical (unpaired) electrons. The van der Waals surface area contributed by atoms with Crippen LogP contribution in [0.1, 0.15) is 12.5 Å². The van der Waals surface area contributed by atoms with Crippen molar-refractivity contribution < 1.29 is 14.3 Å². The van der Waals surface area contributed by atoms with Crippen LogP contribution in [0.25, 0.3) is 10.4 Å². The van der Waals surface area contributed by atoms with Crippen LogP contribution < -0.4 is 5.32 Å². The molecule has 0 heterocycles. The Kier molecular flexibility index (Phi) is 5.11. The number of hydrogen-bond donors (Lipinski definition) is 2. The Bertz CT molecular complexity index is 533. The number of aliphatic carboxylic acids is 1. The average Bonchev–Trinajstić information content (AvgIpc) is 2.34. The number of benzene rings is 1. The average molecular weight is 287 g/mol. The lowest BCUT2D eigenvalue weighted by Crippen LogP contribution is -2.47. The number of carboxylic acid groups (broad SMARTS) is 1. The Labute approximate surface area is 113 Å². The number of hydrogen-bond acceptors (Lipinski definition) is 3. The van der Waals surface area contributed by atoms with E-state index < -0.39 is 17.3 Å². The van der Waals surface area contributed by atoms with Gasteiger partial charge < -0.3 is 5.11 Å². The van der Waals surface area contributed by atoms with Crippen molar-refractivity contribution in [3.05, 3.63) is 45.0 Å². The Morgan fingerprint density at radius 2 is 2.37 bits per heavy atom. The first-order valence-corrected chi connectivity index (χ1v) is 5.74. The molecule has 0 saturated heterocycles. The molecule has 8 heteroatoms. The third-order valence-corrected chi connectivity index (χ3v) is 2.96. The second-order valence-corrected chi connectivity index (χ2v) is 4.34. The fraction of sp³-hybridized carbons (Fsp3) is 0.364. The minimum Gasteiger partial charge on any atom is -0.480 e. The maximum absolute atomic E-state index is 13.0. The molecule has 0 spiro atoms. The number of halogens is 2. The fourth-order valence-electron chi connectivity index (χ4n) is 1.58. The molecular formula is C11H12ClFN4O2. The molecule has 1 unspecified atom stereocenters. The molecule has 19 heavy (non-hydrogen) atoms. The molecule has 0 aliphatic rings. The topological polar surface area (TPSA) is 98.1 Å². The molecule has 1 aromatic rings. The van der Waals surface area contributed by atoms with E-state index in [4.69, 9.17) is 17.1 Å². The van der Waals surface area contributed by atoms with Crippen molar-refractivity contribution >= 4 is 17.6 Å². The van der Waals surface area contributed by atoms with Crippen LogP contribution in [0.5, 0.6) is 0 Å². The largest absolute Gasteiger partial charge is 0.480 e. The lowest BCUT2D eigenvalue weighted by Gasteiger charge is -2.27. The van der Waals surface area contributed by atoms with Crippen molar-refractivity contribution in [1.82, 2.24) is 5.32 Å². The number of rotatable bonds is 6. The summed E-state index contributed by atoms with van der Waals surface area (Å²) in [7, 11) is 0. The van der Waals surface area contributed by atoms with Crippen LogP contribution in [0.3, 0.4) is 0 Å². The molecule has 0 saturated carbocycles. The molecule has 0 aromatic heterocycles. The van der Waals surface area contributed by atoms with Gasteiger partial charge in [0.15, 0.2) is 0 Å². The third-order valence-electron chi connectivity index (χ3n) is 2.65. The maximum atomic E-state index is 13.0. The van der Waals surface area contributed by atoms with Gasteiger partial charge in [-0.3, -0.25) is 5.32 Å². The highest BCUT2D eigenvalue weighted by molar-refractivity contribution is 6.31. The predicted molar refractivity (Wildman–Crippen MR) is 68.4 cm³/mol. The SMILES string of the molecule is CC(NCCN=[N+]=[N-])(C(=O)O)c1ccc(F)cc1Cl.